The van der Waals surface area contributed by atoms with Gasteiger partial charge in [0, 0.05) is 47.0 Å². The van der Waals surface area contributed by atoms with Gasteiger partial charge in [0.05, 0.1) is 22.5 Å². The monoisotopic (exact) mass is 588 g/mol. The fourth-order valence-electron chi connectivity index (χ4n) is 5.91. The van der Waals surface area contributed by atoms with E-state index < -0.39 is 0 Å². The maximum absolute atomic E-state index is 13.2. The van der Waals surface area contributed by atoms with E-state index in [4.69, 9.17) is 0 Å². The van der Waals surface area contributed by atoms with Crippen molar-refractivity contribution in [3.63, 3.8) is 0 Å². The highest BCUT2D eigenvalue weighted by Crippen LogP contribution is 2.40. The van der Waals surface area contributed by atoms with E-state index in [1.807, 2.05) is 80.6 Å². The first kappa shape index (κ1) is 28.9. The third-order valence-electron chi connectivity index (χ3n) is 8.18. The normalized spacial score (nSPS) is 15.2. The van der Waals surface area contributed by atoms with Gasteiger partial charge in [0.25, 0.3) is 17.7 Å². The number of carbonyl (C=O) groups excluding carboxylic acids is 3. The molecule has 2 aliphatic heterocycles. The summed E-state index contributed by atoms with van der Waals surface area (Å²) in [5.74, 6) is -0.519. The van der Waals surface area contributed by atoms with Crippen LogP contribution in [0.3, 0.4) is 0 Å². The molecule has 3 aromatic carbocycles. The van der Waals surface area contributed by atoms with Gasteiger partial charge < -0.3 is 31.2 Å². The summed E-state index contributed by atoms with van der Waals surface area (Å²) >= 11 is 0. The number of fused-ring (bicyclic) bond motifs is 1. The molecule has 0 atom stereocenters. The van der Waals surface area contributed by atoms with E-state index in [0.29, 0.717) is 34.6 Å². The van der Waals surface area contributed by atoms with Crippen molar-refractivity contribution in [2.75, 3.05) is 42.1 Å². The molecule has 0 bridgehead atoms. The lowest BCUT2D eigenvalue weighted by Crippen LogP contribution is -2.33. The number of hydrogen-bond donors (Lipinski definition) is 5. The number of benzene rings is 3. The van der Waals surface area contributed by atoms with Crippen LogP contribution >= 0.6 is 0 Å². The zero-order valence-corrected chi connectivity index (χ0v) is 24.9. The van der Waals surface area contributed by atoms with Crippen molar-refractivity contribution in [2.24, 2.45) is 0 Å². The van der Waals surface area contributed by atoms with Crippen molar-refractivity contribution in [1.29, 1.82) is 0 Å². The van der Waals surface area contributed by atoms with Crippen LogP contribution in [0.15, 0.2) is 72.8 Å². The van der Waals surface area contributed by atoms with Crippen LogP contribution in [0.1, 0.15) is 56.1 Å². The predicted octanol–water partition coefficient (Wildman–Crippen LogP) is 5.95. The number of carbonyl (C=O) groups is 3. The van der Waals surface area contributed by atoms with Crippen LogP contribution in [0.4, 0.5) is 22.7 Å². The lowest BCUT2D eigenvalue weighted by Gasteiger charge is -2.14. The topological polar surface area (TPSA) is 118 Å². The van der Waals surface area contributed by atoms with Gasteiger partial charge in [-0.15, -0.1) is 0 Å². The number of para-hydroxylation sites is 1. The summed E-state index contributed by atoms with van der Waals surface area (Å²) in [5, 5.41) is 12.4. The summed E-state index contributed by atoms with van der Waals surface area (Å²) in [4.78, 5) is 44.6. The second-order valence-electron chi connectivity index (χ2n) is 11.2. The molecule has 1 saturated heterocycles. The van der Waals surface area contributed by atoms with Crippen LogP contribution in [-0.2, 0) is 4.79 Å². The Morgan fingerprint density at radius 1 is 0.909 bits per heavy atom. The predicted molar refractivity (Wildman–Crippen MR) is 175 cm³/mol. The van der Waals surface area contributed by atoms with Gasteiger partial charge in [-0.1, -0.05) is 36.4 Å². The molecule has 9 heteroatoms. The van der Waals surface area contributed by atoms with Crippen LogP contribution in [0.2, 0.25) is 0 Å². The number of aryl methyl sites for hydroxylation is 1. The lowest BCUT2D eigenvalue weighted by atomic mass is 10.0. The Labute approximate surface area is 256 Å². The highest BCUT2D eigenvalue weighted by Gasteiger charge is 2.28. The highest BCUT2D eigenvalue weighted by atomic mass is 16.2. The van der Waals surface area contributed by atoms with Gasteiger partial charge in [0.15, 0.2) is 0 Å². The van der Waals surface area contributed by atoms with Crippen molar-refractivity contribution in [1.82, 2.24) is 15.2 Å². The molecule has 44 heavy (non-hydrogen) atoms. The molecule has 224 valence electrons. The van der Waals surface area contributed by atoms with E-state index in [1.54, 1.807) is 12.1 Å². The molecule has 0 aliphatic carbocycles. The van der Waals surface area contributed by atoms with Crippen molar-refractivity contribution < 1.29 is 14.4 Å². The molecule has 1 aromatic heterocycles. The molecule has 2 aliphatic rings. The van der Waals surface area contributed by atoms with Crippen LogP contribution in [0, 0.1) is 13.8 Å². The van der Waals surface area contributed by atoms with Gasteiger partial charge in [0.1, 0.15) is 0 Å². The Bertz CT molecular complexity index is 1750. The summed E-state index contributed by atoms with van der Waals surface area (Å²) in [6.45, 7) is 7.43. The van der Waals surface area contributed by atoms with Crippen LogP contribution in [-0.4, -0.2) is 53.8 Å². The fraction of sp³-hybridized carbons (Fsp3) is 0.229. The number of nitrogens with zero attached hydrogens (tertiary/aromatic N) is 1. The number of aromatic nitrogens is 1. The van der Waals surface area contributed by atoms with E-state index in [0.717, 1.165) is 53.5 Å². The van der Waals surface area contributed by atoms with E-state index in [2.05, 4.69) is 31.2 Å². The molecule has 0 saturated carbocycles. The minimum atomic E-state index is -0.221. The van der Waals surface area contributed by atoms with E-state index >= 15 is 0 Å². The summed E-state index contributed by atoms with van der Waals surface area (Å²) < 4.78 is 0. The fourth-order valence-corrected chi connectivity index (χ4v) is 5.91. The number of rotatable bonds is 9. The molecule has 3 heterocycles. The molecule has 0 spiro atoms. The Hall–Kier alpha value is -5.15. The smallest absolute Gasteiger partial charge is 0.256 e. The van der Waals surface area contributed by atoms with Crippen molar-refractivity contribution in [2.45, 2.75) is 26.7 Å². The largest absolute Gasteiger partial charge is 0.358 e. The second kappa shape index (κ2) is 12.6. The lowest BCUT2D eigenvalue weighted by molar-refractivity contribution is -0.110. The van der Waals surface area contributed by atoms with Gasteiger partial charge in [0.2, 0.25) is 0 Å². The summed E-state index contributed by atoms with van der Waals surface area (Å²) in [5.41, 5.74) is 7.56. The molecule has 3 amide bonds. The Kier molecular flexibility index (Phi) is 8.29. The summed E-state index contributed by atoms with van der Waals surface area (Å²) in [6.07, 6.45) is 4.25. The number of H-pyrrole nitrogens is 1. The first-order valence-electron chi connectivity index (χ1n) is 15.0. The molecular weight excluding hydrogens is 552 g/mol. The number of likely N-dealkylation sites (tertiary alicyclic amines) is 1. The molecule has 5 N–H and O–H groups in total. The third-order valence-corrected chi connectivity index (χ3v) is 8.18. The highest BCUT2D eigenvalue weighted by molar-refractivity contribution is 6.36. The summed E-state index contributed by atoms with van der Waals surface area (Å²) in [7, 11) is 0. The Morgan fingerprint density at radius 3 is 2.45 bits per heavy atom. The molecule has 6 rings (SSSR count). The van der Waals surface area contributed by atoms with Crippen molar-refractivity contribution >= 4 is 52.1 Å². The van der Waals surface area contributed by atoms with Gasteiger partial charge in [-0.05, 0) is 87.8 Å². The Balaban J connectivity index is 1.19. The first-order chi connectivity index (χ1) is 21.4. The van der Waals surface area contributed by atoms with E-state index in [-0.39, 0.29) is 17.7 Å². The van der Waals surface area contributed by atoms with Crippen molar-refractivity contribution in [3.05, 3.63) is 106 Å². The zero-order chi connectivity index (χ0) is 30.6. The first-order valence-corrected chi connectivity index (χ1v) is 15.0. The summed E-state index contributed by atoms with van der Waals surface area (Å²) in [6, 6.07) is 22.2. The average Bonchev–Trinajstić information content (AvgIpc) is 3.72. The van der Waals surface area contributed by atoms with Crippen molar-refractivity contribution in [3.8, 4) is 0 Å². The van der Waals surface area contributed by atoms with Crippen LogP contribution < -0.4 is 21.3 Å². The Morgan fingerprint density at radius 2 is 1.66 bits per heavy atom. The van der Waals surface area contributed by atoms with E-state index in [1.165, 1.54) is 12.8 Å². The van der Waals surface area contributed by atoms with Gasteiger partial charge >= 0.3 is 0 Å². The third kappa shape index (κ3) is 6.14. The number of hydrogen-bond acceptors (Lipinski definition) is 5. The number of amides is 3. The molecule has 1 fully saturated rings. The second-order valence-corrected chi connectivity index (χ2v) is 11.2. The van der Waals surface area contributed by atoms with Crippen LogP contribution in [0.5, 0.6) is 0 Å². The maximum atomic E-state index is 13.2. The molecule has 4 aromatic rings. The maximum Gasteiger partial charge on any atom is 0.256 e. The van der Waals surface area contributed by atoms with Gasteiger partial charge in [-0.2, -0.15) is 0 Å². The van der Waals surface area contributed by atoms with Gasteiger partial charge in [-0.3, -0.25) is 14.4 Å². The number of anilines is 4. The van der Waals surface area contributed by atoms with Gasteiger partial charge in [-0.25, -0.2) is 0 Å². The zero-order valence-electron chi connectivity index (χ0n) is 24.9. The van der Waals surface area contributed by atoms with Crippen LogP contribution in [0.25, 0.3) is 11.6 Å². The number of aromatic amines is 1. The van der Waals surface area contributed by atoms with E-state index in [9.17, 15) is 14.4 Å². The average molecular weight is 589 g/mol. The number of nitrogens with one attached hydrogen (secondary N) is 5. The SMILES string of the molecule is Cc1[nH]c(/C=C2\C(=O)Nc3c(Nc4cccc(NC(=O)c5ccccc5)c4)cccc32)c(C)c1C(=O)NCCN1CCCC1. The minimum Gasteiger partial charge on any atom is -0.358 e. The molecule has 0 radical (unpaired) electrons. The minimum absolute atomic E-state index is 0.106. The quantitative estimate of drug-likeness (QED) is 0.155. The standard InChI is InChI=1S/C35H36N6O3/c1-22-30(37-23(2)31(22)35(44)36-16-19-41-17-6-7-18-41)21-28-27-14-9-15-29(32(27)40-34(28)43)38-25-12-8-13-26(20-25)39-33(42)24-10-4-3-5-11-24/h3-5,8-15,20-21,37-38H,6-7,16-19H2,1-2H3,(H,36,44)(H,39,42)(H,40,43)/b28-21-. The molecule has 9 nitrogen and oxygen atoms in total. The molecule has 0 unspecified atom stereocenters. The molecular formula is C35H36N6O3.